The zero-order valence-electron chi connectivity index (χ0n) is 11.5. The molecule has 0 radical (unpaired) electrons. The third kappa shape index (κ3) is 2.23. The predicted octanol–water partition coefficient (Wildman–Crippen LogP) is 3.67. The Hall–Kier alpha value is -2.73. The molecule has 3 rings (SSSR count). The second kappa shape index (κ2) is 5.23. The van der Waals surface area contributed by atoms with Gasteiger partial charge in [0.25, 0.3) is 0 Å². The van der Waals surface area contributed by atoms with Crippen molar-refractivity contribution in [1.82, 2.24) is 4.98 Å². The highest BCUT2D eigenvalue weighted by Gasteiger charge is 2.22. The van der Waals surface area contributed by atoms with Crippen LogP contribution in [0.15, 0.2) is 36.4 Å². The monoisotopic (exact) mass is 313 g/mol. The van der Waals surface area contributed by atoms with Crippen LogP contribution < -0.4 is 0 Å². The average Bonchev–Trinajstić information content (AvgIpc) is 2.90. The lowest BCUT2D eigenvalue weighted by Gasteiger charge is -2.10. The van der Waals surface area contributed by atoms with Crippen molar-refractivity contribution >= 4 is 33.5 Å². The summed E-state index contributed by atoms with van der Waals surface area (Å²) in [7, 11) is 0. The first-order chi connectivity index (χ1) is 10.5. The Labute approximate surface area is 129 Å². The van der Waals surface area contributed by atoms with Gasteiger partial charge in [0.15, 0.2) is 0 Å². The summed E-state index contributed by atoms with van der Waals surface area (Å²) in [5.41, 5.74) is 1.72. The Morgan fingerprint density at radius 3 is 2.36 bits per heavy atom. The van der Waals surface area contributed by atoms with E-state index in [-0.39, 0.29) is 10.4 Å². The number of carboxylic acid groups (broad SMARTS) is 2. The number of aryl methyl sites for hydroxylation is 1. The van der Waals surface area contributed by atoms with Crippen molar-refractivity contribution in [3.8, 4) is 11.1 Å². The number of aromatic nitrogens is 1. The molecular formula is C16H11NO4S. The maximum absolute atomic E-state index is 11.6. The highest BCUT2D eigenvalue weighted by Crippen LogP contribution is 2.37. The molecule has 3 aromatic rings. The van der Waals surface area contributed by atoms with Crippen molar-refractivity contribution in [1.29, 1.82) is 0 Å². The third-order valence-corrected chi connectivity index (χ3v) is 4.37. The van der Waals surface area contributed by atoms with Crippen LogP contribution in [0.4, 0.5) is 0 Å². The molecule has 0 amide bonds. The number of thiophene rings is 1. The summed E-state index contributed by atoms with van der Waals surface area (Å²) in [6.07, 6.45) is 0. The minimum atomic E-state index is -1.08. The molecule has 0 saturated heterocycles. The fraction of sp³-hybridized carbons (Fsp3) is 0.0625. The Balaban J connectivity index is 2.45. The first kappa shape index (κ1) is 14.2. The number of fused-ring (bicyclic) bond motifs is 1. The van der Waals surface area contributed by atoms with Gasteiger partial charge < -0.3 is 10.2 Å². The van der Waals surface area contributed by atoms with Crippen LogP contribution in [0.2, 0.25) is 0 Å². The van der Waals surface area contributed by atoms with E-state index in [1.165, 1.54) is 6.07 Å². The zero-order chi connectivity index (χ0) is 15.9. The summed E-state index contributed by atoms with van der Waals surface area (Å²) in [4.78, 5) is 27.8. The van der Waals surface area contributed by atoms with Crippen molar-refractivity contribution in [2.45, 2.75) is 6.92 Å². The van der Waals surface area contributed by atoms with Gasteiger partial charge in [0, 0.05) is 10.9 Å². The number of nitrogens with zero attached hydrogens (tertiary/aromatic N) is 1. The molecule has 110 valence electrons. The van der Waals surface area contributed by atoms with E-state index < -0.39 is 11.9 Å². The van der Waals surface area contributed by atoms with E-state index in [0.717, 1.165) is 16.9 Å². The van der Waals surface area contributed by atoms with E-state index in [4.69, 9.17) is 5.11 Å². The number of hydrogen-bond acceptors (Lipinski definition) is 4. The molecule has 0 fully saturated rings. The van der Waals surface area contributed by atoms with E-state index in [1.54, 1.807) is 19.1 Å². The van der Waals surface area contributed by atoms with Gasteiger partial charge in [0.1, 0.15) is 9.71 Å². The van der Waals surface area contributed by atoms with Crippen LogP contribution in [0.1, 0.15) is 25.7 Å². The molecule has 2 N–H and O–H groups in total. The van der Waals surface area contributed by atoms with Crippen molar-refractivity contribution < 1.29 is 19.8 Å². The van der Waals surface area contributed by atoms with E-state index in [1.807, 2.05) is 18.2 Å². The summed E-state index contributed by atoms with van der Waals surface area (Å²) in [5.74, 6) is -2.12. The minimum absolute atomic E-state index is 0.105. The molecule has 6 heteroatoms. The molecule has 2 heterocycles. The van der Waals surface area contributed by atoms with Gasteiger partial charge in [0.05, 0.1) is 11.3 Å². The predicted molar refractivity (Wildman–Crippen MR) is 83.7 cm³/mol. The number of pyridine rings is 1. The molecule has 0 aliphatic rings. The molecule has 2 aromatic heterocycles. The van der Waals surface area contributed by atoms with Gasteiger partial charge in [-0.3, -0.25) is 0 Å². The largest absolute Gasteiger partial charge is 0.478 e. The number of carboxylic acids is 2. The van der Waals surface area contributed by atoms with Crippen LogP contribution in [0, 0.1) is 6.92 Å². The molecule has 5 nitrogen and oxygen atoms in total. The summed E-state index contributed by atoms with van der Waals surface area (Å²) in [6.45, 7) is 1.62. The lowest BCUT2D eigenvalue weighted by molar-refractivity contribution is 0.0688. The van der Waals surface area contributed by atoms with Crippen LogP contribution >= 0.6 is 11.3 Å². The maximum atomic E-state index is 11.6. The highest BCUT2D eigenvalue weighted by molar-refractivity contribution is 7.20. The Kier molecular flexibility index (Phi) is 3.38. The van der Waals surface area contributed by atoms with Crippen molar-refractivity contribution in [2.24, 2.45) is 0 Å². The molecule has 0 bridgehead atoms. The maximum Gasteiger partial charge on any atom is 0.345 e. The van der Waals surface area contributed by atoms with Crippen LogP contribution in [0.5, 0.6) is 0 Å². The topological polar surface area (TPSA) is 87.5 Å². The van der Waals surface area contributed by atoms with Crippen LogP contribution in [0.3, 0.4) is 0 Å². The second-order valence-electron chi connectivity index (χ2n) is 4.75. The Morgan fingerprint density at radius 2 is 1.77 bits per heavy atom. The molecule has 0 aliphatic heterocycles. The van der Waals surface area contributed by atoms with Gasteiger partial charge in [-0.2, -0.15) is 0 Å². The van der Waals surface area contributed by atoms with Crippen molar-refractivity contribution in [3.05, 3.63) is 52.5 Å². The molecule has 0 aliphatic carbocycles. The molecule has 1 aromatic carbocycles. The van der Waals surface area contributed by atoms with E-state index in [9.17, 15) is 14.7 Å². The van der Waals surface area contributed by atoms with Crippen LogP contribution in [-0.4, -0.2) is 27.1 Å². The first-order valence-electron chi connectivity index (χ1n) is 6.45. The van der Waals surface area contributed by atoms with Crippen molar-refractivity contribution in [2.75, 3.05) is 0 Å². The van der Waals surface area contributed by atoms with Crippen LogP contribution in [-0.2, 0) is 0 Å². The summed E-state index contributed by atoms with van der Waals surface area (Å²) >= 11 is 1.05. The highest BCUT2D eigenvalue weighted by atomic mass is 32.1. The lowest BCUT2D eigenvalue weighted by atomic mass is 9.96. The van der Waals surface area contributed by atoms with Gasteiger partial charge >= 0.3 is 11.9 Å². The molecule has 0 spiro atoms. The van der Waals surface area contributed by atoms with Gasteiger partial charge in [-0.1, -0.05) is 30.3 Å². The van der Waals surface area contributed by atoms with E-state index in [0.29, 0.717) is 21.5 Å². The smallest absolute Gasteiger partial charge is 0.345 e. The Bertz CT molecular complexity index is 899. The third-order valence-electron chi connectivity index (χ3n) is 3.35. The van der Waals surface area contributed by atoms with Gasteiger partial charge in [0.2, 0.25) is 0 Å². The molecule has 0 saturated carbocycles. The van der Waals surface area contributed by atoms with Crippen LogP contribution in [0.25, 0.3) is 21.3 Å². The number of aromatic carboxylic acids is 2. The van der Waals surface area contributed by atoms with Gasteiger partial charge in [-0.05, 0) is 18.6 Å². The number of benzene rings is 1. The van der Waals surface area contributed by atoms with E-state index in [2.05, 4.69) is 4.98 Å². The Morgan fingerprint density at radius 1 is 1.09 bits per heavy atom. The fourth-order valence-electron chi connectivity index (χ4n) is 2.44. The van der Waals surface area contributed by atoms with Gasteiger partial charge in [-0.15, -0.1) is 11.3 Å². The zero-order valence-corrected chi connectivity index (χ0v) is 12.3. The average molecular weight is 313 g/mol. The van der Waals surface area contributed by atoms with Crippen molar-refractivity contribution in [3.63, 3.8) is 0 Å². The molecule has 0 atom stereocenters. The fourth-order valence-corrected chi connectivity index (χ4v) is 3.37. The second-order valence-corrected chi connectivity index (χ2v) is 5.78. The standard InChI is InChI=1S/C16H11NO4S/c1-8-12(16(20)21)13(9-5-3-2-4-6-9)10-7-11(15(18)19)22-14(10)17-8/h2-7H,1H3,(H,18,19)(H,20,21). The molecule has 0 unspecified atom stereocenters. The number of rotatable bonds is 3. The first-order valence-corrected chi connectivity index (χ1v) is 7.27. The van der Waals surface area contributed by atoms with Gasteiger partial charge in [-0.25, -0.2) is 14.6 Å². The number of carbonyl (C=O) groups is 2. The quantitative estimate of drug-likeness (QED) is 0.770. The summed E-state index contributed by atoms with van der Waals surface area (Å²) < 4.78 is 0. The number of hydrogen-bond donors (Lipinski definition) is 2. The molecule has 22 heavy (non-hydrogen) atoms. The SMILES string of the molecule is Cc1nc2sc(C(=O)O)cc2c(-c2ccccc2)c1C(=O)O. The normalized spacial score (nSPS) is 10.8. The van der Waals surface area contributed by atoms with E-state index >= 15 is 0 Å². The summed E-state index contributed by atoms with van der Waals surface area (Å²) in [5, 5.41) is 19.2. The molecular weight excluding hydrogens is 302 g/mol. The summed E-state index contributed by atoms with van der Waals surface area (Å²) in [6, 6.07) is 10.6. The minimum Gasteiger partial charge on any atom is -0.478 e. The lowest BCUT2D eigenvalue weighted by Crippen LogP contribution is -2.05.